The summed E-state index contributed by atoms with van der Waals surface area (Å²) in [5.41, 5.74) is 8.05. The van der Waals surface area contributed by atoms with E-state index < -0.39 is 5.76 Å². The fourth-order valence-corrected chi connectivity index (χ4v) is 3.10. The summed E-state index contributed by atoms with van der Waals surface area (Å²) in [5, 5.41) is 0. The third-order valence-corrected chi connectivity index (χ3v) is 4.65. The first-order chi connectivity index (χ1) is 12.3. The lowest BCUT2D eigenvalue weighted by atomic mass is 10.1. The average Bonchev–Trinajstić information content (AvgIpc) is 2.56. The van der Waals surface area contributed by atoms with Crippen molar-refractivity contribution in [1.29, 1.82) is 0 Å². The van der Waals surface area contributed by atoms with Crippen LogP contribution < -0.4 is 10.6 Å². The number of hydrogen-bond acceptors (Lipinski definition) is 3. The van der Waals surface area contributed by atoms with E-state index in [1.807, 2.05) is 36.4 Å². The highest BCUT2D eigenvalue weighted by Gasteiger charge is 2.12. The lowest BCUT2D eigenvalue weighted by Crippen LogP contribution is -2.20. The summed E-state index contributed by atoms with van der Waals surface area (Å²) in [7, 11) is 0. The SMILES string of the molecule is CC(C)CCN(c1ccc(CC(N)=O)cc1)c1ccc(SC(F)F)cc1. The number of halogens is 2. The third kappa shape index (κ3) is 6.33. The zero-order valence-electron chi connectivity index (χ0n) is 15.0. The van der Waals surface area contributed by atoms with E-state index in [1.165, 1.54) is 0 Å². The van der Waals surface area contributed by atoms with Crippen LogP contribution in [0.4, 0.5) is 20.2 Å². The molecule has 0 unspecified atom stereocenters. The summed E-state index contributed by atoms with van der Waals surface area (Å²) in [6, 6.07) is 14.9. The van der Waals surface area contributed by atoms with Crippen molar-refractivity contribution in [3.63, 3.8) is 0 Å². The second-order valence-electron chi connectivity index (χ2n) is 6.52. The smallest absolute Gasteiger partial charge is 0.288 e. The van der Waals surface area contributed by atoms with Gasteiger partial charge < -0.3 is 10.6 Å². The predicted molar refractivity (Wildman–Crippen MR) is 104 cm³/mol. The largest absolute Gasteiger partial charge is 0.369 e. The van der Waals surface area contributed by atoms with Gasteiger partial charge in [0.1, 0.15) is 0 Å². The van der Waals surface area contributed by atoms with Crippen LogP contribution >= 0.6 is 11.8 Å². The van der Waals surface area contributed by atoms with Gasteiger partial charge in [0.05, 0.1) is 6.42 Å². The lowest BCUT2D eigenvalue weighted by molar-refractivity contribution is -0.117. The van der Waals surface area contributed by atoms with Crippen molar-refractivity contribution in [3.8, 4) is 0 Å². The molecular formula is C20H24F2N2OS. The van der Waals surface area contributed by atoms with Crippen molar-refractivity contribution in [2.75, 3.05) is 11.4 Å². The number of primary amides is 1. The van der Waals surface area contributed by atoms with Crippen LogP contribution in [-0.2, 0) is 11.2 Å². The molecule has 2 aromatic rings. The minimum atomic E-state index is -2.42. The quantitative estimate of drug-likeness (QED) is 0.609. The van der Waals surface area contributed by atoms with Gasteiger partial charge in [-0.25, -0.2) is 0 Å². The highest BCUT2D eigenvalue weighted by Crippen LogP contribution is 2.31. The van der Waals surface area contributed by atoms with E-state index in [-0.39, 0.29) is 12.3 Å². The van der Waals surface area contributed by atoms with E-state index >= 15 is 0 Å². The fourth-order valence-electron chi connectivity index (χ4n) is 2.60. The molecule has 1 amide bonds. The molecule has 0 atom stereocenters. The van der Waals surface area contributed by atoms with Crippen molar-refractivity contribution in [2.24, 2.45) is 11.7 Å². The van der Waals surface area contributed by atoms with E-state index in [2.05, 4.69) is 18.7 Å². The van der Waals surface area contributed by atoms with Crippen molar-refractivity contribution in [3.05, 3.63) is 54.1 Å². The third-order valence-electron chi connectivity index (χ3n) is 3.93. The average molecular weight is 378 g/mol. The van der Waals surface area contributed by atoms with E-state index in [1.54, 1.807) is 12.1 Å². The normalized spacial score (nSPS) is 11.2. The molecule has 0 spiro atoms. The highest BCUT2D eigenvalue weighted by atomic mass is 32.2. The Morgan fingerprint density at radius 1 is 1.04 bits per heavy atom. The molecule has 2 rings (SSSR count). The number of thioether (sulfide) groups is 1. The van der Waals surface area contributed by atoms with Crippen LogP contribution in [0, 0.1) is 5.92 Å². The Morgan fingerprint density at radius 3 is 2.04 bits per heavy atom. The van der Waals surface area contributed by atoms with E-state index in [9.17, 15) is 13.6 Å². The van der Waals surface area contributed by atoms with Crippen molar-refractivity contribution < 1.29 is 13.6 Å². The molecule has 0 aliphatic carbocycles. The Labute approximate surface area is 157 Å². The van der Waals surface area contributed by atoms with Crippen LogP contribution in [0.2, 0.25) is 0 Å². The number of carbonyl (C=O) groups is 1. The maximum absolute atomic E-state index is 12.5. The van der Waals surface area contributed by atoms with Crippen LogP contribution in [0.3, 0.4) is 0 Å². The maximum Gasteiger partial charge on any atom is 0.288 e. The molecule has 0 aromatic heterocycles. The number of benzene rings is 2. The van der Waals surface area contributed by atoms with Gasteiger partial charge in [0.25, 0.3) is 5.76 Å². The zero-order chi connectivity index (χ0) is 19.1. The number of amides is 1. The molecule has 6 heteroatoms. The van der Waals surface area contributed by atoms with Gasteiger partial charge in [-0.1, -0.05) is 37.7 Å². The first-order valence-corrected chi connectivity index (χ1v) is 9.42. The number of alkyl halides is 2. The Balaban J connectivity index is 2.23. The monoisotopic (exact) mass is 378 g/mol. The molecule has 0 aliphatic rings. The maximum atomic E-state index is 12.5. The first kappa shape index (κ1) is 20.2. The minimum absolute atomic E-state index is 0.214. The molecule has 0 fully saturated rings. The lowest BCUT2D eigenvalue weighted by Gasteiger charge is -2.26. The van der Waals surface area contributed by atoms with E-state index in [0.717, 1.165) is 29.9 Å². The molecule has 140 valence electrons. The van der Waals surface area contributed by atoms with Gasteiger partial charge in [-0.3, -0.25) is 4.79 Å². The van der Waals surface area contributed by atoms with Gasteiger partial charge in [0.15, 0.2) is 0 Å². The zero-order valence-corrected chi connectivity index (χ0v) is 15.8. The molecule has 3 nitrogen and oxygen atoms in total. The molecule has 0 radical (unpaired) electrons. The first-order valence-electron chi connectivity index (χ1n) is 8.55. The van der Waals surface area contributed by atoms with Crippen LogP contribution in [0.1, 0.15) is 25.8 Å². The number of nitrogens with zero attached hydrogens (tertiary/aromatic N) is 1. The molecule has 2 aromatic carbocycles. The molecule has 26 heavy (non-hydrogen) atoms. The van der Waals surface area contributed by atoms with Crippen molar-refractivity contribution in [1.82, 2.24) is 0 Å². The second kappa shape index (κ2) is 9.57. The molecule has 0 saturated carbocycles. The van der Waals surface area contributed by atoms with Gasteiger partial charge in [-0.05, 0) is 54.3 Å². The number of nitrogens with two attached hydrogens (primary N) is 1. The van der Waals surface area contributed by atoms with Crippen molar-refractivity contribution >= 4 is 29.0 Å². The summed E-state index contributed by atoms with van der Waals surface area (Å²) in [5.74, 6) is -2.24. The summed E-state index contributed by atoms with van der Waals surface area (Å²) in [6.07, 6.45) is 1.21. The number of carbonyl (C=O) groups excluding carboxylic acids is 1. The molecule has 0 bridgehead atoms. The molecule has 0 heterocycles. The summed E-state index contributed by atoms with van der Waals surface area (Å²) >= 11 is 0.545. The number of rotatable bonds is 9. The van der Waals surface area contributed by atoms with Gasteiger partial charge in [0.2, 0.25) is 5.91 Å². The van der Waals surface area contributed by atoms with Crippen LogP contribution in [0.5, 0.6) is 0 Å². The summed E-state index contributed by atoms with van der Waals surface area (Å²) < 4.78 is 25.0. The van der Waals surface area contributed by atoms with Gasteiger partial charge in [-0.2, -0.15) is 8.78 Å². The van der Waals surface area contributed by atoms with E-state index in [4.69, 9.17) is 5.73 Å². The molecule has 2 N–H and O–H groups in total. The molecule has 0 saturated heterocycles. The van der Waals surface area contributed by atoms with E-state index in [0.29, 0.717) is 22.6 Å². The Hall–Kier alpha value is -2.08. The van der Waals surface area contributed by atoms with Gasteiger partial charge in [-0.15, -0.1) is 0 Å². The fraction of sp³-hybridized carbons (Fsp3) is 0.350. The molecule has 0 aliphatic heterocycles. The van der Waals surface area contributed by atoms with Crippen LogP contribution in [0.15, 0.2) is 53.4 Å². The van der Waals surface area contributed by atoms with Gasteiger partial charge in [0, 0.05) is 22.8 Å². The topological polar surface area (TPSA) is 46.3 Å². The molecular weight excluding hydrogens is 354 g/mol. The van der Waals surface area contributed by atoms with Crippen LogP contribution in [-0.4, -0.2) is 18.2 Å². The summed E-state index contributed by atoms with van der Waals surface area (Å²) in [4.78, 5) is 13.8. The van der Waals surface area contributed by atoms with Gasteiger partial charge >= 0.3 is 0 Å². The Kier molecular flexibility index (Phi) is 7.45. The Morgan fingerprint density at radius 2 is 1.58 bits per heavy atom. The van der Waals surface area contributed by atoms with Crippen LogP contribution in [0.25, 0.3) is 0 Å². The Bertz CT molecular complexity index is 703. The minimum Gasteiger partial charge on any atom is -0.369 e. The second-order valence-corrected chi connectivity index (χ2v) is 7.58. The standard InChI is InChI=1S/C20H24F2N2OS/c1-14(2)11-12-24(16-5-3-15(4-6-16)13-19(23)25)17-7-9-18(10-8-17)26-20(21)22/h3-10,14,20H,11-13H2,1-2H3,(H2,23,25). The highest BCUT2D eigenvalue weighted by molar-refractivity contribution is 7.99. The predicted octanol–water partition coefficient (Wildman–Crippen LogP) is 5.21. The van der Waals surface area contributed by atoms with Crippen molar-refractivity contribution in [2.45, 2.75) is 37.3 Å². The number of hydrogen-bond donors (Lipinski definition) is 1. The number of anilines is 2. The summed E-state index contributed by atoms with van der Waals surface area (Å²) in [6.45, 7) is 5.14.